The zero-order chi connectivity index (χ0) is 14.2. The summed E-state index contributed by atoms with van der Waals surface area (Å²) in [6.07, 6.45) is -0.449. The molecule has 0 aromatic rings. The van der Waals surface area contributed by atoms with E-state index in [-0.39, 0.29) is 31.1 Å². The van der Waals surface area contributed by atoms with Gasteiger partial charge in [-0.3, -0.25) is 4.90 Å². The summed E-state index contributed by atoms with van der Waals surface area (Å²) in [4.78, 5) is 31.6. The van der Waals surface area contributed by atoms with E-state index in [1.54, 1.807) is 26.7 Å². The van der Waals surface area contributed by atoms with Gasteiger partial charge in [-0.05, 0) is 20.8 Å². The number of methoxy groups -OCH3 is 1. The van der Waals surface area contributed by atoms with E-state index >= 15 is 0 Å². The van der Waals surface area contributed by atoms with Crippen LogP contribution in [0.15, 0.2) is 0 Å². The number of ether oxygens (including phenoxy) is 1. The molecule has 2 aliphatic heterocycles. The van der Waals surface area contributed by atoms with Crippen LogP contribution in [0.1, 0.15) is 20.8 Å². The Kier molecular flexibility index (Phi) is 3.84. The minimum Gasteiger partial charge on any atom is -0.364 e. The highest BCUT2D eigenvalue weighted by Crippen LogP contribution is 2.34. The Hall–Kier alpha value is -1.50. The van der Waals surface area contributed by atoms with Gasteiger partial charge in [-0.2, -0.15) is 0 Å². The minimum atomic E-state index is -0.246. The fourth-order valence-electron chi connectivity index (χ4n) is 3.00. The molecular weight excluding hydrogens is 248 g/mol. The molecule has 0 aromatic heterocycles. The number of carbonyl (C=O) groups is 2. The van der Waals surface area contributed by atoms with Crippen LogP contribution in [0.3, 0.4) is 0 Å². The number of urea groups is 2. The lowest BCUT2D eigenvalue weighted by molar-refractivity contribution is 0.0364. The van der Waals surface area contributed by atoms with Gasteiger partial charge in [-0.1, -0.05) is 0 Å². The van der Waals surface area contributed by atoms with Crippen molar-refractivity contribution >= 4 is 12.1 Å². The number of likely N-dealkylation sites (N-methyl/N-ethyl adjacent to an activating group) is 3. The van der Waals surface area contributed by atoms with Gasteiger partial charge in [0.25, 0.3) is 0 Å². The molecule has 2 aliphatic rings. The second-order valence-corrected chi connectivity index (χ2v) is 4.64. The molecule has 2 rings (SSSR count). The van der Waals surface area contributed by atoms with Gasteiger partial charge < -0.3 is 19.4 Å². The van der Waals surface area contributed by atoms with E-state index in [2.05, 4.69) is 0 Å². The van der Waals surface area contributed by atoms with Crippen LogP contribution in [0.5, 0.6) is 0 Å². The van der Waals surface area contributed by atoms with Crippen molar-refractivity contribution in [2.45, 2.75) is 33.1 Å². The molecule has 0 saturated carbocycles. The largest absolute Gasteiger partial charge is 0.364 e. The Bertz CT molecular complexity index is 374. The van der Waals surface area contributed by atoms with Gasteiger partial charge in [0, 0.05) is 26.7 Å². The Labute approximate surface area is 113 Å². The first-order valence-electron chi connectivity index (χ1n) is 6.75. The Morgan fingerprint density at radius 1 is 0.842 bits per heavy atom. The van der Waals surface area contributed by atoms with Crippen molar-refractivity contribution in [3.63, 3.8) is 0 Å². The van der Waals surface area contributed by atoms with Crippen molar-refractivity contribution in [1.82, 2.24) is 19.6 Å². The summed E-state index contributed by atoms with van der Waals surface area (Å²) in [7, 11) is 1.56. The first-order chi connectivity index (χ1) is 9.12. The normalized spacial score (nSPS) is 26.7. The average molecular weight is 270 g/mol. The molecule has 19 heavy (non-hydrogen) atoms. The summed E-state index contributed by atoms with van der Waals surface area (Å²) in [5.41, 5.74) is 0. The second-order valence-electron chi connectivity index (χ2n) is 4.64. The molecule has 2 saturated heterocycles. The summed E-state index contributed by atoms with van der Waals surface area (Å²) >= 11 is 0. The number of hydrogen-bond donors (Lipinski definition) is 0. The van der Waals surface area contributed by atoms with E-state index in [1.807, 2.05) is 20.8 Å². The quantitative estimate of drug-likeness (QED) is 0.741. The molecule has 2 heterocycles. The first kappa shape index (κ1) is 13.9. The molecule has 2 fully saturated rings. The Morgan fingerprint density at radius 3 is 1.58 bits per heavy atom. The van der Waals surface area contributed by atoms with Crippen LogP contribution in [0, 0.1) is 0 Å². The Morgan fingerprint density at radius 2 is 1.21 bits per heavy atom. The topological polar surface area (TPSA) is 56.3 Å². The maximum atomic E-state index is 12.4. The van der Waals surface area contributed by atoms with Gasteiger partial charge in [-0.25, -0.2) is 9.59 Å². The molecule has 0 N–H and O–H groups in total. The maximum Gasteiger partial charge on any atom is 0.325 e. The van der Waals surface area contributed by atoms with Crippen molar-refractivity contribution in [3.05, 3.63) is 0 Å². The number of hydrogen-bond acceptors (Lipinski definition) is 3. The minimum absolute atomic E-state index is 0.00736. The number of carbonyl (C=O) groups excluding carboxylic acids is 2. The van der Waals surface area contributed by atoms with Gasteiger partial charge in [0.1, 0.15) is 12.9 Å². The summed E-state index contributed by atoms with van der Waals surface area (Å²) in [6, 6.07) is -0.0733. The fourth-order valence-corrected chi connectivity index (χ4v) is 3.00. The zero-order valence-electron chi connectivity index (χ0n) is 12.0. The van der Waals surface area contributed by atoms with Crippen LogP contribution in [-0.4, -0.2) is 77.5 Å². The van der Waals surface area contributed by atoms with Crippen molar-refractivity contribution < 1.29 is 14.3 Å². The Balaban J connectivity index is 2.38. The van der Waals surface area contributed by atoms with Gasteiger partial charge in [-0.15, -0.1) is 0 Å². The molecule has 2 atom stereocenters. The lowest BCUT2D eigenvalue weighted by Gasteiger charge is -2.28. The van der Waals surface area contributed by atoms with Gasteiger partial charge in [0.15, 0.2) is 6.17 Å². The van der Waals surface area contributed by atoms with Crippen LogP contribution in [0.4, 0.5) is 9.59 Å². The predicted molar refractivity (Wildman–Crippen MR) is 69.2 cm³/mol. The van der Waals surface area contributed by atoms with Crippen LogP contribution in [0.2, 0.25) is 0 Å². The molecule has 7 nitrogen and oxygen atoms in total. The third kappa shape index (κ3) is 1.83. The number of rotatable bonds is 5. The lowest BCUT2D eigenvalue weighted by atomic mass is 10.3. The number of fused-ring (bicyclic) bond motifs is 1. The summed E-state index contributed by atoms with van der Waals surface area (Å²) in [6.45, 7) is 7.77. The molecule has 0 spiro atoms. The molecule has 2 unspecified atom stereocenters. The van der Waals surface area contributed by atoms with E-state index in [1.165, 1.54) is 0 Å². The summed E-state index contributed by atoms with van der Waals surface area (Å²) < 4.78 is 5.12. The van der Waals surface area contributed by atoms with Crippen LogP contribution >= 0.6 is 0 Å². The highest BCUT2D eigenvalue weighted by molar-refractivity contribution is 5.85. The molecular formula is C12H22N4O3. The monoisotopic (exact) mass is 270 g/mol. The van der Waals surface area contributed by atoms with E-state index in [0.29, 0.717) is 19.6 Å². The molecule has 7 heteroatoms. The van der Waals surface area contributed by atoms with Gasteiger partial charge in [0.2, 0.25) is 0 Å². The standard InChI is InChI=1S/C12H22N4O3/c1-5-13-9-10(15(7-3)11(13)17)16(8-19-4)12(18)14(9)6-2/h9-10H,5-8H2,1-4H3. The number of amides is 4. The highest BCUT2D eigenvalue weighted by atomic mass is 16.5. The van der Waals surface area contributed by atoms with Gasteiger partial charge in [0.05, 0.1) is 0 Å². The molecule has 0 aliphatic carbocycles. The lowest BCUT2D eigenvalue weighted by Crippen LogP contribution is -2.47. The van der Waals surface area contributed by atoms with Crippen molar-refractivity contribution in [3.8, 4) is 0 Å². The van der Waals surface area contributed by atoms with Crippen molar-refractivity contribution in [2.24, 2.45) is 0 Å². The third-order valence-electron chi connectivity index (χ3n) is 3.82. The highest BCUT2D eigenvalue weighted by Gasteiger charge is 2.57. The second kappa shape index (κ2) is 5.24. The van der Waals surface area contributed by atoms with E-state index in [0.717, 1.165) is 0 Å². The predicted octanol–water partition coefficient (Wildman–Crippen LogP) is 0.777. The van der Waals surface area contributed by atoms with E-state index < -0.39 is 0 Å². The average Bonchev–Trinajstić information content (AvgIpc) is 2.82. The number of nitrogens with zero attached hydrogens (tertiary/aromatic N) is 4. The molecule has 0 bridgehead atoms. The van der Waals surface area contributed by atoms with Crippen LogP contribution < -0.4 is 0 Å². The fraction of sp³-hybridized carbons (Fsp3) is 0.833. The maximum absolute atomic E-state index is 12.4. The summed E-state index contributed by atoms with van der Waals surface area (Å²) in [5.74, 6) is 0. The zero-order valence-corrected chi connectivity index (χ0v) is 12.0. The van der Waals surface area contributed by atoms with E-state index in [9.17, 15) is 9.59 Å². The van der Waals surface area contributed by atoms with Crippen LogP contribution in [-0.2, 0) is 4.74 Å². The molecule has 0 radical (unpaired) electrons. The van der Waals surface area contributed by atoms with Crippen LogP contribution in [0.25, 0.3) is 0 Å². The molecule has 4 amide bonds. The third-order valence-corrected chi connectivity index (χ3v) is 3.82. The van der Waals surface area contributed by atoms with Gasteiger partial charge >= 0.3 is 12.1 Å². The van der Waals surface area contributed by atoms with Crippen molar-refractivity contribution in [2.75, 3.05) is 33.5 Å². The smallest absolute Gasteiger partial charge is 0.325 e. The van der Waals surface area contributed by atoms with E-state index in [4.69, 9.17) is 4.74 Å². The SMILES string of the molecule is CCN1C(=O)N(CC)C2C1N(CC)C(=O)N2COC. The molecule has 0 aromatic carbocycles. The van der Waals surface area contributed by atoms with Crippen molar-refractivity contribution in [1.29, 1.82) is 0 Å². The molecule has 108 valence electrons. The first-order valence-corrected chi connectivity index (χ1v) is 6.75. The summed E-state index contributed by atoms with van der Waals surface area (Å²) in [5, 5.41) is 0.